The van der Waals surface area contributed by atoms with Crippen LogP contribution in [0.1, 0.15) is 58.9 Å². The third-order valence-corrected chi connectivity index (χ3v) is 3.41. The molecule has 0 aliphatic heterocycles. The van der Waals surface area contributed by atoms with Gasteiger partial charge in [-0.25, -0.2) is 0 Å². The van der Waals surface area contributed by atoms with Crippen LogP contribution in [0.2, 0.25) is 0 Å². The normalized spacial score (nSPS) is 11.4. The molecule has 108 valence electrons. The van der Waals surface area contributed by atoms with Crippen molar-refractivity contribution in [3.8, 4) is 5.75 Å². The molecule has 0 spiro atoms. The monoisotopic (exact) mass is 263 g/mol. The van der Waals surface area contributed by atoms with Crippen LogP contribution >= 0.6 is 0 Å². The smallest absolute Gasteiger partial charge is 0.141 e. The molecule has 2 heteroatoms. The van der Waals surface area contributed by atoms with Crippen LogP contribution in [0.15, 0.2) is 18.2 Å². The molecule has 1 rings (SSSR count). The summed E-state index contributed by atoms with van der Waals surface area (Å²) in [6.45, 7) is 9.97. The summed E-state index contributed by atoms with van der Waals surface area (Å²) in [6, 6.07) is 6.44. The maximum atomic E-state index is 5.43. The van der Waals surface area contributed by atoms with Gasteiger partial charge >= 0.3 is 0 Å². The Bertz CT molecular complexity index is 379. The first-order chi connectivity index (χ1) is 8.99. The summed E-state index contributed by atoms with van der Waals surface area (Å²) >= 11 is 0. The minimum atomic E-state index is 0.172. The fourth-order valence-corrected chi connectivity index (χ4v) is 2.09. The van der Waals surface area contributed by atoms with Crippen molar-refractivity contribution in [1.82, 2.24) is 0 Å². The number of ether oxygens (including phenoxy) is 1. The number of anilines is 1. The maximum Gasteiger partial charge on any atom is 0.141 e. The van der Waals surface area contributed by atoms with E-state index in [9.17, 15) is 0 Å². The van der Waals surface area contributed by atoms with Crippen LogP contribution in [-0.2, 0) is 5.41 Å². The van der Waals surface area contributed by atoms with E-state index in [2.05, 4.69) is 51.2 Å². The molecule has 0 heterocycles. The maximum absolute atomic E-state index is 5.43. The van der Waals surface area contributed by atoms with Gasteiger partial charge in [-0.3, -0.25) is 0 Å². The fraction of sp³-hybridized carbons (Fsp3) is 0.647. The Morgan fingerprint density at radius 2 is 1.84 bits per heavy atom. The van der Waals surface area contributed by atoms with E-state index in [0.717, 1.165) is 18.0 Å². The molecule has 2 nitrogen and oxygen atoms in total. The van der Waals surface area contributed by atoms with Crippen molar-refractivity contribution in [3.63, 3.8) is 0 Å². The van der Waals surface area contributed by atoms with E-state index in [1.807, 2.05) is 0 Å². The molecule has 0 bridgehead atoms. The van der Waals surface area contributed by atoms with Gasteiger partial charge in [-0.05, 0) is 29.5 Å². The summed E-state index contributed by atoms with van der Waals surface area (Å²) in [7, 11) is 1.73. The SMILES string of the molecule is CCCCCCNc1cc(C(C)(C)C)ccc1OC. The Hall–Kier alpha value is -1.18. The van der Waals surface area contributed by atoms with E-state index < -0.39 is 0 Å². The quantitative estimate of drug-likeness (QED) is 0.700. The van der Waals surface area contributed by atoms with Crippen molar-refractivity contribution < 1.29 is 4.74 Å². The first-order valence-electron chi connectivity index (χ1n) is 7.41. The largest absolute Gasteiger partial charge is 0.495 e. The molecule has 0 saturated carbocycles. The molecule has 0 aromatic heterocycles. The van der Waals surface area contributed by atoms with Gasteiger partial charge in [0.15, 0.2) is 0 Å². The Balaban J connectivity index is 2.68. The molecule has 0 aliphatic rings. The van der Waals surface area contributed by atoms with Crippen LogP contribution in [0.4, 0.5) is 5.69 Å². The first kappa shape index (κ1) is 15.9. The van der Waals surface area contributed by atoms with Gasteiger partial charge in [0.1, 0.15) is 5.75 Å². The molecule has 0 fully saturated rings. The van der Waals surface area contributed by atoms with E-state index in [1.54, 1.807) is 7.11 Å². The molecular formula is C17H29NO. The Morgan fingerprint density at radius 1 is 1.11 bits per heavy atom. The highest BCUT2D eigenvalue weighted by Gasteiger charge is 2.15. The van der Waals surface area contributed by atoms with Gasteiger partial charge in [0.25, 0.3) is 0 Å². The van der Waals surface area contributed by atoms with Gasteiger partial charge in [-0.2, -0.15) is 0 Å². The number of nitrogens with one attached hydrogen (secondary N) is 1. The summed E-state index contributed by atoms with van der Waals surface area (Å²) in [5, 5.41) is 3.51. The van der Waals surface area contributed by atoms with E-state index in [4.69, 9.17) is 4.74 Å². The Morgan fingerprint density at radius 3 is 2.42 bits per heavy atom. The van der Waals surface area contributed by atoms with Crippen molar-refractivity contribution in [2.75, 3.05) is 19.0 Å². The number of rotatable bonds is 7. The van der Waals surface area contributed by atoms with Crippen molar-refractivity contribution >= 4 is 5.69 Å². The summed E-state index contributed by atoms with van der Waals surface area (Å²) < 4.78 is 5.43. The molecule has 1 aromatic rings. The molecule has 0 unspecified atom stereocenters. The number of benzene rings is 1. The molecule has 0 saturated heterocycles. The van der Waals surface area contributed by atoms with E-state index >= 15 is 0 Å². The van der Waals surface area contributed by atoms with Crippen LogP contribution in [0, 0.1) is 0 Å². The summed E-state index contributed by atoms with van der Waals surface area (Å²) in [6.07, 6.45) is 5.12. The average Bonchev–Trinajstić information content (AvgIpc) is 2.37. The third-order valence-electron chi connectivity index (χ3n) is 3.41. The fourth-order valence-electron chi connectivity index (χ4n) is 2.09. The lowest BCUT2D eigenvalue weighted by Crippen LogP contribution is -2.12. The topological polar surface area (TPSA) is 21.3 Å². The van der Waals surface area contributed by atoms with Gasteiger partial charge in [0.05, 0.1) is 12.8 Å². The molecule has 0 aliphatic carbocycles. The molecule has 0 atom stereocenters. The highest BCUT2D eigenvalue weighted by atomic mass is 16.5. The summed E-state index contributed by atoms with van der Waals surface area (Å²) in [5.74, 6) is 0.934. The lowest BCUT2D eigenvalue weighted by molar-refractivity contribution is 0.416. The number of methoxy groups -OCH3 is 1. The zero-order valence-electron chi connectivity index (χ0n) is 13.2. The van der Waals surface area contributed by atoms with E-state index in [-0.39, 0.29) is 5.41 Å². The molecule has 19 heavy (non-hydrogen) atoms. The van der Waals surface area contributed by atoms with Crippen molar-refractivity contribution in [2.45, 2.75) is 58.8 Å². The highest BCUT2D eigenvalue weighted by Crippen LogP contribution is 2.31. The Kier molecular flexibility index (Phi) is 6.20. The Labute approximate surface area is 118 Å². The molecule has 0 radical (unpaired) electrons. The number of hydrogen-bond donors (Lipinski definition) is 1. The zero-order chi connectivity index (χ0) is 14.3. The summed E-state index contributed by atoms with van der Waals surface area (Å²) in [4.78, 5) is 0. The second-order valence-corrected chi connectivity index (χ2v) is 6.15. The second kappa shape index (κ2) is 7.42. The molecule has 0 amide bonds. The standard InChI is InChI=1S/C17H29NO/c1-6-7-8-9-12-18-15-13-14(17(2,3)4)10-11-16(15)19-5/h10-11,13,18H,6-9,12H2,1-5H3. The minimum Gasteiger partial charge on any atom is -0.495 e. The van der Waals surface area contributed by atoms with E-state index in [0.29, 0.717) is 0 Å². The van der Waals surface area contributed by atoms with Gasteiger partial charge in [0, 0.05) is 6.54 Å². The van der Waals surface area contributed by atoms with Crippen LogP contribution in [0.5, 0.6) is 5.75 Å². The number of hydrogen-bond acceptors (Lipinski definition) is 2. The predicted molar refractivity (Wildman–Crippen MR) is 84.3 cm³/mol. The van der Waals surface area contributed by atoms with Gasteiger partial charge in [-0.15, -0.1) is 0 Å². The zero-order valence-corrected chi connectivity index (χ0v) is 13.2. The van der Waals surface area contributed by atoms with Crippen LogP contribution < -0.4 is 10.1 Å². The first-order valence-corrected chi connectivity index (χ1v) is 7.41. The van der Waals surface area contributed by atoms with Crippen LogP contribution in [0.3, 0.4) is 0 Å². The van der Waals surface area contributed by atoms with Crippen molar-refractivity contribution in [3.05, 3.63) is 23.8 Å². The van der Waals surface area contributed by atoms with Crippen LogP contribution in [0.25, 0.3) is 0 Å². The molecular weight excluding hydrogens is 234 g/mol. The third kappa shape index (κ3) is 5.14. The lowest BCUT2D eigenvalue weighted by Gasteiger charge is -2.21. The lowest BCUT2D eigenvalue weighted by atomic mass is 9.87. The average molecular weight is 263 g/mol. The van der Waals surface area contributed by atoms with Gasteiger partial charge in [-0.1, -0.05) is 53.0 Å². The van der Waals surface area contributed by atoms with Crippen LogP contribution in [-0.4, -0.2) is 13.7 Å². The predicted octanol–water partition coefficient (Wildman–Crippen LogP) is 4.98. The summed E-state index contributed by atoms with van der Waals surface area (Å²) in [5.41, 5.74) is 2.63. The number of unbranched alkanes of at least 4 members (excludes halogenated alkanes) is 3. The molecule has 1 N–H and O–H groups in total. The van der Waals surface area contributed by atoms with Crippen molar-refractivity contribution in [1.29, 1.82) is 0 Å². The molecule has 1 aromatic carbocycles. The van der Waals surface area contributed by atoms with Crippen molar-refractivity contribution in [2.24, 2.45) is 0 Å². The van der Waals surface area contributed by atoms with Gasteiger partial charge < -0.3 is 10.1 Å². The second-order valence-electron chi connectivity index (χ2n) is 6.15. The minimum absolute atomic E-state index is 0.172. The van der Waals surface area contributed by atoms with Gasteiger partial charge in [0.2, 0.25) is 0 Å². The van der Waals surface area contributed by atoms with E-state index in [1.165, 1.54) is 31.2 Å². The highest BCUT2D eigenvalue weighted by molar-refractivity contribution is 5.59.